The first-order chi connectivity index (χ1) is 14.1. The highest BCUT2D eigenvalue weighted by molar-refractivity contribution is 5.92. The second kappa shape index (κ2) is 8.76. The topological polar surface area (TPSA) is 52.9 Å². The number of aryl methyl sites for hydroxylation is 1. The first-order valence-electron chi connectivity index (χ1n) is 10.4. The van der Waals surface area contributed by atoms with Gasteiger partial charge in [0.05, 0.1) is 0 Å². The molecule has 1 aromatic carbocycles. The third-order valence-corrected chi connectivity index (χ3v) is 5.64. The Morgan fingerprint density at radius 2 is 1.72 bits per heavy atom. The zero-order valence-corrected chi connectivity index (χ0v) is 17.3. The van der Waals surface area contributed by atoms with Gasteiger partial charge in [0.1, 0.15) is 11.3 Å². The lowest BCUT2D eigenvalue weighted by Gasteiger charge is -2.34. The highest BCUT2D eigenvalue weighted by Crippen LogP contribution is 2.11. The number of pyridine rings is 1. The van der Waals surface area contributed by atoms with Crippen molar-refractivity contribution >= 4 is 11.6 Å². The van der Waals surface area contributed by atoms with E-state index >= 15 is 0 Å². The van der Waals surface area contributed by atoms with Crippen molar-refractivity contribution < 1.29 is 4.79 Å². The Labute approximate surface area is 172 Å². The average Bonchev–Trinajstić information content (AvgIpc) is 3.17. The maximum absolute atomic E-state index is 12.5. The number of piperazine rings is 1. The molecule has 0 aliphatic carbocycles. The van der Waals surface area contributed by atoms with E-state index in [1.807, 2.05) is 29.7 Å². The molecule has 0 saturated carbocycles. The van der Waals surface area contributed by atoms with Crippen LogP contribution in [0.1, 0.15) is 34.1 Å². The molecule has 3 aromatic rings. The number of likely N-dealkylation sites (N-methyl/N-ethyl adjacent to an activating group) is 1. The van der Waals surface area contributed by atoms with Crippen LogP contribution in [0.2, 0.25) is 0 Å². The average molecular weight is 392 g/mol. The first-order valence-corrected chi connectivity index (χ1v) is 10.4. The smallest absolute Gasteiger partial charge is 0.271 e. The number of nitrogens with zero attached hydrogens (tertiary/aromatic N) is 4. The molecule has 6 heteroatoms. The van der Waals surface area contributed by atoms with Crippen molar-refractivity contribution in [3.05, 3.63) is 71.2 Å². The molecule has 1 aliphatic rings. The number of hydrogen-bond donors (Lipinski definition) is 1. The maximum atomic E-state index is 12.5. The van der Waals surface area contributed by atoms with Crippen molar-refractivity contribution in [2.75, 3.05) is 32.7 Å². The van der Waals surface area contributed by atoms with Crippen LogP contribution in [0.4, 0.5) is 0 Å². The number of imidazole rings is 1. The molecule has 0 radical (unpaired) electrons. The second-order valence-electron chi connectivity index (χ2n) is 7.81. The highest BCUT2D eigenvalue weighted by atomic mass is 16.1. The van der Waals surface area contributed by atoms with Crippen molar-refractivity contribution in [3.8, 4) is 0 Å². The van der Waals surface area contributed by atoms with Gasteiger partial charge in [-0.2, -0.15) is 0 Å². The van der Waals surface area contributed by atoms with E-state index in [4.69, 9.17) is 0 Å². The number of carbonyl (C=O) groups is 1. The minimum absolute atomic E-state index is 0.149. The Hall–Kier alpha value is -2.70. The molecule has 3 heterocycles. The van der Waals surface area contributed by atoms with Crippen LogP contribution in [0.25, 0.3) is 5.65 Å². The summed E-state index contributed by atoms with van der Waals surface area (Å²) in [5.74, 6) is -0.149. The summed E-state index contributed by atoms with van der Waals surface area (Å²) in [6, 6.07) is 12.5. The minimum Gasteiger partial charge on any atom is -0.347 e. The standard InChI is InChI=1S/C23H29N5O/c1-3-26-10-12-27(13-11-26)16-20-6-4-19(5-7-20)15-24-23(29)21-17-28-9-8-18(2)14-22(28)25-21/h4-9,14,17H,3,10-13,15-16H2,1-2H3,(H,24,29). The number of nitrogens with one attached hydrogen (secondary N) is 1. The summed E-state index contributed by atoms with van der Waals surface area (Å²) >= 11 is 0. The lowest BCUT2D eigenvalue weighted by atomic mass is 10.1. The van der Waals surface area contributed by atoms with Crippen molar-refractivity contribution in [3.63, 3.8) is 0 Å². The molecule has 0 unspecified atom stereocenters. The number of benzene rings is 1. The third kappa shape index (κ3) is 4.83. The minimum atomic E-state index is -0.149. The quantitative estimate of drug-likeness (QED) is 0.702. The third-order valence-electron chi connectivity index (χ3n) is 5.64. The highest BCUT2D eigenvalue weighted by Gasteiger charge is 2.15. The van der Waals surface area contributed by atoms with Crippen molar-refractivity contribution in [2.45, 2.75) is 26.9 Å². The summed E-state index contributed by atoms with van der Waals surface area (Å²) in [6.45, 7) is 11.4. The summed E-state index contributed by atoms with van der Waals surface area (Å²) in [4.78, 5) is 21.9. The summed E-state index contributed by atoms with van der Waals surface area (Å²) < 4.78 is 1.87. The largest absolute Gasteiger partial charge is 0.347 e. The van der Waals surface area contributed by atoms with E-state index in [0.29, 0.717) is 12.2 Å². The molecule has 0 spiro atoms. The summed E-state index contributed by atoms with van der Waals surface area (Å²) in [6.07, 6.45) is 3.70. The predicted octanol–water partition coefficient (Wildman–Crippen LogP) is 2.71. The first kappa shape index (κ1) is 19.6. The van der Waals surface area contributed by atoms with E-state index in [0.717, 1.165) is 56.0 Å². The van der Waals surface area contributed by atoms with Gasteiger partial charge < -0.3 is 14.6 Å². The van der Waals surface area contributed by atoms with Gasteiger partial charge in [-0.05, 0) is 42.3 Å². The lowest BCUT2D eigenvalue weighted by Crippen LogP contribution is -2.45. The molecule has 6 nitrogen and oxygen atoms in total. The maximum Gasteiger partial charge on any atom is 0.271 e. The molecule has 0 atom stereocenters. The number of hydrogen-bond acceptors (Lipinski definition) is 4. The SMILES string of the molecule is CCN1CCN(Cc2ccc(CNC(=O)c3cn4ccc(C)cc4n3)cc2)CC1. The van der Waals surface area contributed by atoms with Gasteiger partial charge in [0.25, 0.3) is 5.91 Å². The molecule has 1 aliphatic heterocycles. The normalized spacial score (nSPS) is 15.7. The van der Waals surface area contributed by atoms with Crippen LogP contribution in [0.15, 0.2) is 48.8 Å². The predicted molar refractivity (Wildman–Crippen MR) is 115 cm³/mol. The van der Waals surface area contributed by atoms with Gasteiger partial charge in [-0.1, -0.05) is 31.2 Å². The molecule has 152 valence electrons. The van der Waals surface area contributed by atoms with Crippen LogP contribution in [-0.4, -0.2) is 57.8 Å². The van der Waals surface area contributed by atoms with E-state index in [9.17, 15) is 4.79 Å². The Morgan fingerprint density at radius 1 is 1.03 bits per heavy atom. The van der Waals surface area contributed by atoms with Crippen LogP contribution in [0.3, 0.4) is 0 Å². The fraction of sp³-hybridized carbons (Fsp3) is 0.391. The van der Waals surface area contributed by atoms with E-state index in [1.54, 1.807) is 6.20 Å². The second-order valence-corrected chi connectivity index (χ2v) is 7.81. The molecular weight excluding hydrogens is 362 g/mol. The summed E-state index contributed by atoms with van der Waals surface area (Å²) in [5, 5.41) is 2.97. The fourth-order valence-corrected chi connectivity index (χ4v) is 3.75. The Morgan fingerprint density at radius 3 is 2.45 bits per heavy atom. The fourth-order valence-electron chi connectivity index (χ4n) is 3.75. The number of fused-ring (bicyclic) bond motifs is 1. The van der Waals surface area contributed by atoms with Crippen LogP contribution in [0.5, 0.6) is 0 Å². The van der Waals surface area contributed by atoms with Crippen LogP contribution in [-0.2, 0) is 13.1 Å². The van der Waals surface area contributed by atoms with Gasteiger partial charge in [0, 0.05) is 51.7 Å². The Bertz CT molecular complexity index is 971. The van der Waals surface area contributed by atoms with Gasteiger partial charge in [-0.25, -0.2) is 4.98 Å². The van der Waals surface area contributed by atoms with E-state index in [-0.39, 0.29) is 5.91 Å². The molecule has 29 heavy (non-hydrogen) atoms. The number of aromatic nitrogens is 2. The zero-order chi connectivity index (χ0) is 20.2. The Balaban J connectivity index is 1.30. The molecular formula is C23H29N5O. The molecule has 1 saturated heterocycles. The number of amides is 1. The lowest BCUT2D eigenvalue weighted by molar-refractivity contribution is 0.0946. The van der Waals surface area contributed by atoms with E-state index in [1.165, 1.54) is 5.56 Å². The monoisotopic (exact) mass is 391 g/mol. The molecule has 1 fully saturated rings. The Kier molecular flexibility index (Phi) is 5.92. The van der Waals surface area contributed by atoms with Crippen LogP contribution >= 0.6 is 0 Å². The van der Waals surface area contributed by atoms with Crippen molar-refractivity contribution in [1.82, 2.24) is 24.5 Å². The van der Waals surface area contributed by atoms with Crippen LogP contribution < -0.4 is 5.32 Å². The van der Waals surface area contributed by atoms with E-state index in [2.05, 4.69) is 51.3 Å². The van der Waals surface area contributed by atoms with Crippen molar-refractivity contribution in [2.24, 2.45) is 0 Å². The van der Waals surface area contributed by atoms with Gasteiger partial charge in [-0.15, -0.1) is 0 Å². The molecule has 0 bridgehead atoms. The number of carbonyl (C=O) groups excluding carboxylic acids is 1. The summed E-state index contributed by atoms with van der Waals surface area (Å²) in [7, 11) is 0. The molecule has 2 aromatic heterocycles. The van der Waals surface area contributed by atoms with Gasteiger partial charge in [0.15, 0.2) is 0 Å². The van der Waals surface area contributed by atoms with Gasteiger partial charge >= 0.3 is 0 Å². The van der Waals surface area contributed by atoms with Crippen molar-refractivity contribution in [1.29, 1.82) is 0 Å². The molecule has 1 amide bonds. The molecule has 4 rings (SSSR count). The summed E-state index contributed by atoms with van der Waals surface area (Å²) in [5.41, 5.74) is 4.78. The van der Waals surface area contributed by atoms with Crippen LogP contribution in [0, 0.1) is 6.92 Å². The zero-order valence-electron chi connectivity index (χ0n) is 17.3. The number of rotatable bonds is 6. The van der Waals surface area contributed by atoms with Gasteiger partial charge in [0.2, 0.25) is 0 Å². The van der Waals surface area contributed by atoms with Gasteiger partial charge in [-0.3, -0.25) is 9.69 Å². The molecule has 1 N–H and O–H groups in total. The van der Waals surface area contributed by atoms with E-state index < -0.39 is 0 Å².